The molecule has 1 saturated carbocycles. The van der Waals surface area contributed by atoms with Gasteiger partial charge in [0.05, 0.1) is 5.69 Å². The molecule has 18 heavy (non-hydrogen) atoms. The van der Waals surface area contributed by atoms with Gasteiger partial charge in [-0.05, 0) is 30.9 Å². The molecule has 0 spiro atoms. The van der Waals surface area contributed by atoms with Crippen molar-refractivity contribution in [2.75, 3.05) is 5.73 Å². The number of hydrogen-bond acceptors (Lipinski definition) is 3. The zero-order valence-electron chi connectivity index (χ0n) is 10.2. The first-order valence-corrected chi connectivity index (χ1v) is 6.93. The van der Waals surface area contributed by atoms with Crippen LogP contribution in [0.4, 0.5) is 5.69 Å². The summed E-state index contributed by atoms with van der Waals surface area (Å²) in [6.07, 6.45) is 6.05. The van der Waals surface area contributed by atoms with E-state index in [9.17, 15) is 5.11 Å². The minimum atomic E-state index is -0.131. The standard InChI is InChI=1S/C13H19BrN2O.ClH/c14-9-6-7-10(15)13(17)11(9)12(16)8-4-2-1-3-5-8;/h6-8,12,17H,1-5,15-16H2;1H/t12-;/m0./s1. The maximum Gasteiger partial charge on any atom is 0.144 e. The zero-order valence-corrected chi connectivity index (χ0v) is 12.6. The van der Waals surface area contributed by atoms with E-state index in [1.165, 1.54) is 19.3 Å². The number of phenolic OH excluding ortho intramolecular Hbond substituents is 1. The minimum absolute atomic E-state index is 0. The van der Waals surface area contributed by atoms with Gasteiger partial charge in [0.15, 0.2) is 0 Å². The van der Waals surface area contributed by atoms with Crippen LogP contribution in [-0.4, -0.2) is 5.11 Å². The van der Waals surface area contributed by atoms with E-state index in [1.54, 1.807) is 6.07 Å². The lowest BCUT2D eigenvalue weighted by Gasteiger charge is -2.29. The summed E-state index contributed by atoms with van der Waals surface area (Å²) >= 11 is 3.45. The zero-order chi connectivity index (χ0) is 12.4. The second kappa shape index (κ2) is 6.64. The summed E-state index contributed by atoms with van der Waals surface area (Å²) in [5.74, 6) is 0.588. The maximum absolute atomic E-state index is 10.0. The van der Waals surface area contributed by atoms with Crippen molar-refractivity contribution in [3.05, 3.63) is 22.2 Å². The number of phenols is 1. The molecule has 1 aromatic carbocycles. The number of halogens is 2. The summed E-state index contributed by atoms with van der Waals surface area (Å²) in [6, 6.07) is 3.41. The highest BCUT2D eigenvalue weighted by molar-refractivity contribution is 9.10. The summed E-state index contributed by atoms with van der Waals surface area (Å²) in [5.41, 5.74) is 13.2. The number of aromatic hydroxyl groups is 1. The molecule has 1 fully saturated rings. The lowest BCUT2D eigenvalue weighted by atomic mass is 9.81. The van der Waals surface area contributed by atoms with Crippen molar-refractivity contribution >= 4 is 34.0 Å². The molecule has 0 aromatic heterocycles. The van der Waals surface area contributed by atoms with E-state index < -0.39 is 0 Å². The Morgan fingerprint density at radius 3 is 2.44 bits per heavy atom. The van der Waals surface area contributed by atoms with Crippen LogP contribution < -0.4 is 11.5 Å². The predicted octanol–water partition coefficient (Wildman–Crippen LogP) is 3.74. The summed E-state index contributed by atoms with van der Waals surface area (Å²) < 4.78 is 0.849. The van der Waals surface area contributed by atoms with Gasteiger partial charge < -0.3 is 16.6 Å². The van der Waals surface area contributed by atoms with E-state index in [2.05, 4.69) is 15.9 Å². The van der Waals surface area contributed by atoms with Gasteiger partial charge in [0.1, 0.15) is 5.75 Å². The second-order valence-electron chi connectivity index (χ2n) is 4.82. The fraction of sp³-hybridized carbons (Fsp3) is 0.538. The van der Waals surface area contributed by atoms with E-state index in [0.717, 1.165) is 22.9 Å². The number of nitrogen functional groups attached to an aromatic ring is 1. The third-order valence-corrected chi connectivity index (χ3v) is 4.38. The third-order valence-electron chi connectivity index (χ3n) is 3.69. The molecule has 0 unspecified atom stereocenters. The SMILES string of the molecule is Cl.Nc1ccc(Br)c([C@@H](N)C2CCCCC2)c1O. The van der Waals surface area contributed by atoms with Crippen LogP contribution in [-0.2, 0) is 0 Å². The Kier molecular flexibility index (Phi) is 5.76. The fourth-order valence-corrected chi connectivity index (χ4v) is 3.23. The Bertz CT molecular complexity index is 408. The van der Waals surface area contributed by atoms with Crippen LogP contribution in [0.3, 0.4) is 0 Å². The smallest absolute Gasteiger partial charge is 0.144 e. The molecule has 0 amide bonds. The molecule has 5 N–H and O–H groups in total. The van der Waals surface area contributed by atoms with Crippen LogP contribution >= 0.6 is 28.3 Å². The summed E-state index contributed by atoms with van der Waals surface area (Å²) in [6.45, 7) is 0. The van der Waals surface area contributed by atoms with Crippen LogP contribution in [0.25, 0.3) is 0 Å². The normalized spacial score (nSPS) is 18.1. The van der Waals surface area contributed by atoms with Crippen molar-refractivity contribution < 1.29 is 5.11 Å². The second-order valence-corrected chi connectivity index (χ2v) is 5.68. The van der Waals surface area contributed by atoms with Gasteiger partial charge in [-0.1, -0.05) is 35.2 Å². The molecular formula is C13H20BrClN2O. The van der Waals surface area contributed by atoms with Gasteiger partial charge in [-0.2, -0.15) is 0 Å². The highest BCUT2D eigenvalue weighted by Gasteiger charge is 2.26. The van der Waals surface area contributed by atoms with E-state index in [-0.39, 0.29) is 24.2 Å². The van der Waals surface area contributed by atoms with E-state index >= 15 is 0 Å². The molecule has 0 aliphatic heterocycles. The molecule has 1 aliphatic carbocycles. The first-order chi connectivity index (χ1) is 8.11. The summed E-state index contributed by atoms with van der Waals surface area (Å²) in [4.78, 5) is 0. The molecule has 3 nitrogen and oxygen atoms in total. The monoisotopic (exact) mass is 334 g/mol. The molecule has 5 heteroatoms. The van der Waals surface area contributed by atoms with Gasteiger partial charge in [0, 0.05) is 16.1 Å². The fourth-order valence-electron chi connectivity index (χ4n) is 2.65. The van der Waals surface area contributed by atoms with Crippen molar-refractivity contribution in [1.29, 1.82) is 0 Å². The number of anilines is 1. The highest BCUT2D eigenvalue weighted by Crippen LogP contribution is 2.41. The number of hydrogen-bond donors (Lipinski definition) is 3. The topological polar surface area (TPSA) is 72.3 Å². The molecule has 0 heterocycles. The van der Waals surface area contributed by atoms with Crippen LogP contribution in [0, 0.1) is 5.92 Å². The molecule has 1 atom stereocenters. The molecule has 102 valence electrons. The average molecular weight is 336 g/mol. The van der Waals surface area contributed by atoms with Crippen LogP contribution in [0.1, 0.15) is 43.7 Å². The molecule has 0 bridgehead atoms. The highest BCUT2D eigenvalue weighted by atomic mass is 79.9. The lowest BCUT2D eigenvalue weighted by Crippen LogP contribution is -2.24. The molecular weight excluding hydrogens is 316 g/mol. The summed E-state index contributed by atoms with van der Waals surface area (Å²) in [5, 5.41) is 10.0. The Hall–Kier alpha value is -0.450. The third kappa shape index (κ3) is 3.11. The molecule has 1 aromatic rings. The van der Waals surface area contributed by atoms with E-state index in [4.69, 9.17) is 11.5 Å². The van der Waals surface area contributed by atoms with Crippen molar-refractivity contribution in [1.82, 2.24) is 0 Å². The molecule has 1 aliphatic rings. The summed E-state index contributed by atoms with van der Waals surface area (Å²) in [7, 11) is 0. The van der Waals surface area contributed by atoms with Crippen molar-refractivity contribution in [2.45, 2.75) is 38.1 Å². The van der Waals surface area contributed by atoms with Crippen LogP contribution in [0.5, 0.6) is 5.75 Å². The number of benzene rings is 1. The Labute approximate surface area is 122 Å². The van der Waals surface area contributed by atoms with Gasteiger partial charge >= 0.3 is 0 Å². The van der Waals surface area contributed by atoms with Crippen molar-refractivity contribution in [2.24, 2.45) is 11.7 Å². The average Bonchev–Trinajstić information content (AvgIpc) is 2.35. The van der Waals surface area contributed by atoms with Crippen LogP contribution in [0.15, 0.2) is 16.6 Å². The van der Waals surface area contributed by atoms with Gasteiger partial charge in [0.25, 0.3) is 0 Å². The van der Waals surface area contributed by atoms with Gasteiger partial charge in [-0.25, -0.2) is 0 Å². The number of nitrogens with two attached hydrogens (primary N) is 2. The lowest BCUT2D eigenvalue weighted by molar-refractivity contribution is 0.302. The Balaban J connectivity index is 0.00000162. The largest absolute Gasteiger partial charge is 0.505 e. The quantitative estimate of drug-likeness (QED) is 0.569. The first-order valence-electron chi connectivity index (χ1n) is 6.13. The van der Waals surface area contributed by atoms with Gasteiger partial charge in [0.2, 0.25) is 0 Å². The molecule has 0 saturated heterocycles. The number of rotatable bonds is 2. The first kappa shape index (κ1) is 15.6. The molecule has 0 radical (unpaired) electrons. The maximum atomic E-state index is 10.0. The molecule has 2 rings (SSSR count). The Morgan fingerprint density at radius 1 is 1.22 bits per heavy atom. The Morgan fingerprint density at radius 2 is 1.83 bits per heavy atom. The van der Waals surface area contributed by atoms with Crippen molar-refractivity contribution in [3.8, 4) is 5.75 Å². The van der Waals surface area contributed by atoms with Crippen molar-refractivity contribution in [3.63, 3.8) is 0 Å². The van der Waals surface area contributed by atoms with E-state index in [0.29, 0.717) is 11.6 Å². The minimum Gasteiger partial charge on any atom is -0.505 e. The van der Waals surface area contributed by atoms with Crippen LogP contribution in [0.2, 0.25) is 0 Å². The predicted molar refractivity (Wildman–Crippen MR) is 81.0 cm³/mol. The van der Waals surface area contributed by atoms with E-state index in [1.807, 2.05) is 6.07 Å². The van der Waals surface area contributed by atoms with Gasteiger partial charge in [-0.3, -0.25) is 0 Å². The van der Waals surface area contributed by atoms with Gasteiger partial charge in [-0.15, -0.1) is 12.4 Å².